The highest BCUT2D eigenvalue weighted by molar-refractivity contribution is 5.82. The molecule has 7 nitrogen and oxygen atoms in total. The fourth-order valence-electron chi connectivity index (χ4n) is 3.59. The molecule has 1 aromatic carbocycles. The molecule has 7 heteroatoms. The molecule has 136 valence electrons. The summed E-state index contributed by atoms with van der Waals surface area (Å²) in [7, 11) is 3.25. The van der Waals surface area contributed by atoms with Crippen molar-refractivity contribution in [1.82, 2.24) is 15.1 Å². The van der Waals surface area contributed by atoms with E-state index >= 15 is 0 Å². The molecule has 0 radical (unpaired) electrons. The Hall–Kier alpha value is -2.28. The highest BCUT2D eigenvalue weighted by Crippen LogP contribution is 2.38. The summed E-state index contributed by atoms with van der Waals surface area (Å²) in [5, 5.41) is 2.78. The Bertz CT molecular complexity index is 649. The number of nitrogens with one attached hydrogen (secondary N) is 1. The zero-order valence-corrected chi connectivity index (χ0v) is 14.8. The molecule has 3 rings (SSSR count). The van der Waals surface area contributed by atoms with Gasteiger partial charge in [0.15, 0.2) is 0 Å². The van der Waals surface area contributed by atoms with Crippen LogP contribution in [0.4, 0.5) is 0 Å². The summed E-state index contributed by atoms with van der Waals surface area (Å²) in [5.74, 6) is 1.51. The molecule has 2 fully saturated rings. The van der Waals surface area contributed by atoms with Crippen molar-refractivity contribution in [2.24, 2.45) is 0 Å². The van der Waals surface area contributed by atoms with Crippen LogP contribution in [0.25, 0.3) is 0 Å². The minimum absolute atomic E-state index is 0.00646. The summed E-state index contributed by atoms with van der Waals surface area (Å²) in [6, 6.07) is 5.73. The molecule has 1 N–H and O–H groups in total. The lowest BCUT2D eigenvalue weighted by Gasteiger charge is -2.31. The van der Waals surface area contributed by atoms with Crippen molar-refractivity contribution in [3.63, 3.8) is 0 Å². The predicted molar refractivity (Wildman–Crippen MR) is 92.7 cm³/mol. The molecular weight excluding hydrogens is 322 g/mol. The topological polar surface area (TPSA) is 71.1 Å². The van der Waals surface area contributed by atoms with Gasteiger partial charge in [-0.2, -0.15) is 0 Å². The van der Waals surface area contributed by atoms with E-state index in [1.165, 1.54) is 0 Å². The van der Waals surface area contributed by atoms with Gasteiger partial charge in [-0.25, -0.2) is 0 Å². The second kappa shape index (κ2) is 7.74. The van der Waals surface area contributed by atoms with Gasteiger partial charge < -0.3 is 19.7 Å². The maximum atomic E-state index is 12.8. The minimum Gasteiger partial charge on any atom is -0.497 e. The van der Waals surface area contributed by atoms with Crippen molar-refractivity contribution in [2.45, 2.75) is 18.9 Å². The smallest absolute Gasteiger partial charge is 0.237 e. The first-order valence-corrected chi connectivity index (χ1v) is 8.63. The van der Waals surface area contributed by atoms with Gasteiger partial charge in [-0.1, -0.05) is 0 Å². The molecule has 0 bridgehead atoms. The van der Waals surface area contributed by atoms with E-state index < -0.39 is 0 Å². The number of ether oxygens (including phenoxy) is 2. The quantitative estimate of drug-likeness (QED) is 0.853. The first-order valence-electron chi connectivity index (χ1n) is 8.63. The number of likely N-dealkylation sites (tertiary alicyclic amines) is 1. The van der Waals surface area contributed by atoms with E-state index in [1.54, 1.807) is 14.2 Å². The number of carbonyl (C=O) groups is 2. The lowest BCUT2D eigenvalue weighted by atomic mass is 10.0. The SMILES string of the molecule is COc1ccc([C@@H]2CCCN2C(=O)CN2CCNC(=O)C2)c(OC)c1. The number of benzene rings is 1. The fraction of sp³-hybridized carbons (Fsp3) is 0.556. The number of piperazine rings is 1. The summed E-state index contributed by atoms with van der Waals surface area (Å²) in [6.45, 7) is 2.61. The van der Waals surface area contributed by atoms with Gasteiger partial charge in [-0.05, 0) is 25.0 Å². The lowest BCUT2D eigenvalue weighted by Crippen LogP contribution is -2.51. The average Bonchev–Trinajstić information content (AvgIpc) is 3.10. The molecule has 0 aliphatic carbocycles. The molecule has 2 saturated heterocycles. The summed E-state index contributed by atoms with van der Waals surface area (Å²) in [4.78, 5) is 28.1. The average molecular weight is 347 g/mol. The molecule has 0 unspecified atom stereocenters. The Labute approximate surface area is 147 Å². The van der Waals surface area contributed by atoms with Crippen LogP contribution in [0.3, 0.4) is 0 Å². The van der Waals surface area contributed by atoms with Gasteiger partial charge in [0.05, 0.1) is 33.4 Å². The van der Waals surface area contributed by atoms with Gasteiger partial charge in [0.2, 0.25) is 11.8 Å². The molecule has 2 amide bonds. The van der Waals surface area contributed by atoms with Crippen LogP contribution in [-0.2, 0) is 9.59 Å². The summed E-state index contributed by atoms with van der Waals surface area (Å²) >= 11 is 0. The largest absolute Gasteiger partial charge is 0.497 e. The number of hydrogen-bond acceptors (Lipinski definition) is 5. The van der Waals surface area contributed by atoms with E-state index in [9.17, 15) is 9.59 Å². The first kappa shape index (κ1) is 17.5. The standard InChI is InChI=1S/C18H25N3O4/c1-24-13-5-6-14(16(10-13)25-2)15-4-3-8-21(15)18(23)12-20-9-7-19-17(22)11-20/h5-6,10,15H,3-4,7-9,11-12H2,1-2H3,(H,19,22)/t15-/m0/s1. The van der Waals surface area contributed by atoms with E-state index in [2.05, 4.69) is 5.32 Å². The van der Waals surface area contributed by atoms with Gasteiger partial charge in [-0.15, -0.1) is 0 Å². The van der Waals surface area contributed by atoms with Gasteiger partial charge in [0, 0.05) is 31.3 Å². The Morgan fingerprint density at radius 1 is 1.28 bits per heavy atom. The Kier molecular flexibility index (Phi) is 5.43. The van der Waals surface area contributed by atoms with Crippen LogP contribution < -0.4 is 14.8 Å². The normalized spacial score (nSPS) is 21.1. The molecule has 2 aliphatic heterocycles. The predicted octanol–water partition coefficient (Wildman–Crippen LogP) is 0.799. The highest BCUT2D eigenvalue weighted by Gasteiger charge is 2.33. The van der Waals surface area contributed by atoms with Crippen LogP contribution in [0.2, 0.25) is 0 Å². The highest BCUT2D eigenvalue weighted by atomic mass is 16.5. The maximum Gasteiger partial charge on any atom is 0.237 e. The van der Waals surface area contributed by atoms with Crippen molar-refractivity contribution < 1.29 is 19.1 Å². The van der Waals surface area contributed by atoms with E-state index in [0.717, 1.165) is 36.4 Å². The van der Waals surface area contributed by atoms with E-state index in [1.807, 2.05) is 28.0 Å². The summed E-state index contributed by atoms with van der Waals surface area (Å²) in [5.41, 5.74) is 1.01. The number of carbonyl (C=O) groups excluding carboxylic acids is 2. The number of rotatable bonds is 5. The van der Waals surface area contributed by atoms with Crippen LogP contribution in [0.15, 0.2) is 18.2 Å². The summed E-state index contributed by atoms with van der Waals surface area (Å²) in [6.07, 6.45) is 1.88. The summed E-state index contributed by atoms with van der Waals surface area (Å²) < 4.78 is 10.8. The third kappa shape index (κ3) is 3.87. The van der Waals surface area contributed by atoms with Crippen molar-refractivity contribution in [2.75, 3.05) is 46.9 Å². The van der Waals surface area contributed by atoms with Gasteiger partial charge in [0.1, 0.15) is 11.5 Å². The number of methoxy groups -OCH3 is 2. The third-order valence-corrected chi connectivity index (χ3v) is 4.85. The van der Waals surface area contributed by atoms with Crippen LogP contribution in [0.1, 0.15) is 24.4 Å². The second-order valence-electron chi connectivity index (χ2n) is 6.41. The van der Waals surface area contributed by atoms with Gasteiger partial charge in [0.25, 0.3) is 0 Å². The molecule has 1 aromatic rings. The maximum absolute atomic E-state index is 12.8. The fourth-order valence-corrected chi connectivity index (χ4v) is 3.59. The molecule has 0 spiro atoms. The molecule has 0 aromatic heterocycles. The second-order valence-corrected chi connectivity index (χ2v) is 6.41. The van der Waals surface area contributed by atoms with Crippen LogP contribution in [0.5, 0.6) is 11.5 Å². The van der Waals surface area contributed by atoms with Crippen molar-refractivity contribution in [3.8, 4) is 11.5 Å². The molecule has 2 aliphatic rings. The van der Waals surface area contributed by atoms with Crippen LogP contribution in [0, 0.1) is 0 Å². The Morgan fingerprint density at radius 2 is 2.12 bits per heavy atom. The third-order valence-electron chi connectivity index (χ3n) is 4.85. The van der Waals surface area contributed by atoms with Crippen LogP contribution >= 0.6 is 0 Å². The monoisotopic (exact) mass is 347 g/mol. The minimum atomic E-state index is -0.0196. The zero-order chi connectivity index (χ0) is 17.8. The van der Waals surface area contributed by atoms with E-state index in [4.69, 9.17) is 9.47 Å². The number of hydrogen-bond donors (Lipinski definition) is 1. The number of nitrogens with zero attached hydrogens (tertiary/aromatic N) is 2. The van der Waals surface area contributed by atoms with Crippen molar-refractivity contribution in [3.05, 3.63) is 23.8 Å². The van der Waals surface area contributed by atoms with Gasteiger partial charge in [-0.3, -0.25) is 14.5 Å². The lowest BCUT2D eigenvalue weighted by molar-refractivity contribution is -0.134. The van der Waals surface area contributed by atoms with E-state index in [0.29, 0.717) is 13.1 Å². The molecular formula is C18H25N3O4. The van der Waals surface area contributed by atoms with Crippen molar-refractivity contribution in [1.29, 1.82) is 0 Å². The van der Waals surface area contributed by atoms with Gasteiger partial charge >= 0.3 is 0 Å². The Balaban J connectivity index is 1.73. The van der Waals surface area contributed by atoms with E-state index in [-0.39, 0.29) is 30.9 Å². The van der Waals surface area contributed by atoms with Crippen LogP contribution in [-0.4, -0.2) is 68.6 Å². The zero-order valence-electron chi connectivity index (χ0n) is 14.8. The first-order chi connectivity index (χ1) is 12.1. The molecule has 1 atom stereocenters. The van der Waals surface area contributed by atoms with Crippen molar-refractivity contribution >= 4 is 11.8 Å². The molecule has 25 heavy (non-hydrogen) atoms. The molecule has 0 saturated carbocycles. The number of amides is 2. The Morgan fingerprint density at radius 3 is 2.84 bits per heavy atom. The molecule has 2 heterocycles.